The van der Waals surface area contributed by atoms with Gasteiger partial charge in [0.1, 0.15) is 4.33 Å². The Kier molecular flexibility index (Phi) is 5.36. The zero-order valence-corrected chi connectivity index (χ0v) is 16.4. The van der Waals surface area contributed by atoms with Crippen LogP contribution in [-0.2, 0) is 21.2 Å². The molecule has 1 aromatic carbocycles. The molecule has 1 aliphatic heterocycles. The molecule has 138 valence electrons. The first kappa shape index (κ1) is 19.0. The molecule has 1 saturated heterocycles. The van der Waals surface area contributed by atoms with Gasteiger partial charge in [-0.3, -0.25) is 4.79 Å². The van der Waals surface area contributed by atoms with Gasteiger partial charge in [-0.2, -0.15) is 4.31 Å². The van der Waals surface area contributed by atoms with Crippen molar-refractivity contribution in [1.82, 2.24) is 9.21 Å². The average Bonchev–Trinajstić information content (AvgIpc) is 3.23. The third-order valence-electron chi connectivity index (χ3n) is 4.77. The molecule has 1 atom stereocenters. The highest BCUT2D eigenvalue weighted by molar-refractivity contribution is 7.89. The Balaban J connectivity index is 1.62. The Morgan fingerprint density at radius 1 is 1.16 bits per heavy atom. The number of rotatable bonds is 5. The number of carbonyl (C=O) groups is 1. The molecule has 0 aromatic heterocycles. The van der Waals surface area contributed by atoms with Gasteiger partial charge in [-0.15, -0.1) is 23.2 Å². The third kappa shape index (κ3) is 3.97. The maximum atomic E-state index is 12.8. The van der Waals surface area contributed by atoms with Crippen molar-refractivity contribution in [3.05, 3.63) is 29.8 Å². The number of nitrogens with zero attached hydrogens (tertiary/aromatic N) is 2. The van der Waals surface area contributed by atoms with Crippen LogP contribution in [0.2, 0.25) is 0 Å². The molecule has 1 saturated carbocycles. The summed E-state index contributed by atoms with van der Waals surface area (Å²) in [6, 6.07) is 7.06. The molecule has 1 unspecified atom stereocenters. The summed E-state index contributed by atoms with van der Waals surface area (Å²) >= 11 is 11.9. The molecule has 0 spiro atoms. The van der Waals surface area contributed by atoms with Crippen LogP contribution in [-0.4, -0.2) is 54.0 Å². The lowest BCUT2D eigenvalue weighted by Gasteiger charge is -2.34. The number of sulfonamides is 1. The Hall–Kier alpha value is -0.820. The molecule has 3 rings (SSSR count). The molecule has 1 aromatic rings. The van der Waals surface area contributed by atoms with Gasteiger partial charge >= 0.3 is 0 Å². The van der Waals surface area contributed by atoms with Crippen molar-refractivity contribution in [2.75, 3.05) is 26.2 Å². The second kappa shape index (κ2) is 7.06. The van der Waals surface area contributed by atoms with E-state index in [0.717, 1.165) is 18.4 Å². The highest BCUT2D eigenvalue weighted by Crippen LogP contribution is 2.53. The Labute approximate surface area is 158 Å². The number of hydrogen-bond donors (Lipinski definition) is 0. The number of amides is 1. The predicted octanol–water partition coefficient (Wildman–Crippen LogP) is 2.67. The smallest absolute Gasteiger partial charge is 0.243 e. The van der Waals surface area contributed by atoms with Crippen molar-refractivity contribution in [1.29, 1.82) is 0 Å². The normalized spacial score (nSPS) is 23.5. The van der Waals surface area contributed by atoms with Crippen molar-refractivity contribution in [3.8, 4) is 0 Å². The quantitative estimate of drug-likeness (QED) is 0.708. The Morgan fingerprint density at radius 3 is 2.20 bits per heavy atom. The average molecular weight is 405 g/mol. The highest BCUT2D eigenvalue weighted by atomic mass is 35.5. The molecule has 8 heteroatoms. The van der Waals surface area contributed by atoms with E-state index in [1.54, 1.807) is 17.0 Å². The molecule has 0 N–H and O–H groups in total. The number of piperazine rings is 1. The second-order valence-electron chi connectivity index (χ2n) is 6.64. The molecule has 1 aliphatic carbocycles. The summed E-state index contributed by atoms with van der Waals surface area (Å²) in [5.74, 6) is -0.434. The monoisotopic (exact) mass is 404 g/mol. The van der Waals surface area contributed by atoms with E-state index in [0.29, 0.717) is 24.4 Å². The van der Waals surface area contributed by atoms with E-state index in [1.807, 2.05) is 12.1 Å². The predicted molar refractivity (Wildman–Crippen MR) is 98.3 cm³/mol. The van der Waals surface area contributed by atoms with E-state index >= 15 is 0 Å². The summed E-state index contributed by atoms with van der Waals surface area (Å²) in [7, 11) is -3.53. The number of hydrogen-bond acceptors (Lipinski definition) is 3. The van der Waals surface area contributed by atoms with Crippen LogP contribution in [0.15, 0.2) is 29.2 Å². The summed E-state index contributed by atoms with van der Waals surface area (Å²) in [4.78, 5) is 14.3. The van der Waals surface area contributed by atoms with Gasteiger partial charge in [-0.25, -0.2) is 8.42 Å². The van der Waals surface area contributed by atoms with Gasteiger partial charge in [0.25, 0.3) is 0 Å². The lowest BCUT2D eigenvalue weighted by Crippen LogP contribution is -2.51. The van der Waals surface area contributed by atoms with Crippen LogP contribution in [0.1, 0.15) is 25.3 Å². The first-order valence-electron chi connectivity index (χ1n) is 8.51. The summed E-state index contributed by atoms with van der Waals surface area (Å²) < 4.78 is 26.0. The van der Waals surface area contributed by atoms with E-state index in [-0.39, 0.29) is 24.9 Å². The van der Waals surface area contributed by atoms with E-state index in [2.05, 4.69) is 6.92 Å². The standard InChI is InChI=1S/C17H22Cl2N2O3S/c1-2-3-13-4-6-14(7-5-13)25(23,24)21-10-8-20(9-11-21)16(22)15-12-17(15,18)19/h4-7,15H,2-3,8-12H2,1H3. The van der Waals surface area contributed by atoms with Gasteiger partial charge in [-0.05, 0) is 30.5 Å². The van der Waals surface area contributed by atoms with Crippen molar-refractivity contribution >= 4 is 39.1 Å². The Morgan fingerprint density at radius 2 is 1.72 bits per heavy atom. The van der Waals surface area contributed by atoms with Crippen molar-refractivity contribution in [2.45, 2.75) is 35.4 Å². The molecule has 2 aliphatic rings. The maximum absolute atomic E-state index is 12.8. The van der Waals surface area contributed by atoms with Crippen LogP contribution in [0.3, 0.4) is 0 Å². The SMILES string of the molecule is CCCc1ccc(S(=O)(=O)N2CCN(C(=O)C3CC3(Cl)Cl)CC2)cc1. The number of alkyl halides is 2. The lowest BCUT2D eigenvalue weighted by atomic mass is 10.1. The topological polar surface area (TPSA) is 57.7 Å². The van der Waals surface area contributed by atoms with Crippen LogP contribution >= 0.6 is 23.2 Å². The first-order chi connectivity index (χ1) is 11.8. The number of carbonyl (C=O) groups excluding carboxylic acids is 1. The fourth-order valence-electron chi connectivity index (χ4n) is 3.12. The molecule has 0 radical (unpaired) electrons. The second-order valence-corrected chi connectivity index (χ2v) is 10.1. The largest absolute Gasteiger partial charge is 0.340 e. The van der Waals surface area contributed by atoms with Crippen LogP contribution < -0.4 is 0 Å². The summed E-state index contributed by atoms with van der Waals surface area (Å²) in [5.41, 5.74) is 1.13. The molecule has 2 fully saturated rings. The minimum Gasteiger partial charge on any atom is -0.340 e. The molecular weight excluding hydrogens is 383 g/mol. The summed E-state index contributed by atoms with van der Waals surface area (Å²) in [5, 5.41) is 0. The van der Waals surface area contributed by atoms with Crippen LogP contribution in [0.5, 0.6) is 0 Å². The lowest BCUT2D eigenvalue weighted by molar-refractivity contribution is -0.133. The van der Waals surface area contributed by atoms with E-state index < -0.39 is 14.4 Å². The molecule has 1 heterocycles. The molecule has 5 nitrogen and oxygen atoms in total. The number of halogens is 2. The minimum absolute atomic E-state index is 0.0778. The molecule has 25 heavy (non-hydrogen) atoms. The fourth-order valence-corrected chi connectivity index (χ4v) is 5.03. The zero-order valence-electron chi connectivity index (χ0n) is 14.1. The molecule has 1 amide bonds. The number of aryl methyl sites for hydroxylation is 1. The zero-order chi connectivity index (χ0) is 18.2. The number of benzene rings is 1. The first-order valence-corrected chi connectivity index (χ1v) is 10.7. The molecule has 0 bridgehead atoms. The van der Waals surface area contributed by atoms with E-state index in [4.69, 9.17) is 23.2 Å². The van der Waals surface area contributed by atoms with Gasteiger partial charge in [-0.1, -0.05) is 25.5 Å². The van der Waals surface area contributed by atoms with Crippen LogP contribution in [0.25, 0.3) is 0 Å². The van der Waals surface area contributed by atoms with Gasteiger partial charge in [0.15, 0.2) is 0 Å². The van der Waals surface area contributed by atoms with Crippen molar-refractivity contribution in [2.24, 2.45) is 5.92 Å². The molecular formula is C17H22Cl2N2O3S. The van der Waals surface area contributed by atoms with Gasteiger partial charge < -0.3 is 4.90 Å². The van der Waals surface area contributed by atoms with Crippen LogP contribution in [0.4, 0.5) is 0 Å². The van der Waals surface area contributed by atoms with E-state index in [9.17, 15) is 13.2 Å². The van der Waals surface area contributed by atoms with Gasteiger partial charge in [0.05, 0.1) is 10.8 Å². The van der Waals surface area contributed by atoms with Gasteiger partial charge in [0, 0.05) is 26.2 Å². The fraction of sp³-hybridized carbons (Fsp3) is 0.588. The summed E-state index contributed by atoms with van der Waals surface area (Å²) in [6.07, 6.45) is 2.43. The van der Waals surface area contributed by atoms with Crippen molar-refractivity contribution in [3.63, 3.8) is 0 Å². The third-order valence-corrected chi connectivity index (χ3v) is 7.52. The summed E-state index contributed by atoms with van der Waals surface area (Å²) in [6.45, 7) is 3.40. The van der Waals surface area contributed by atoms with Crippen LogP contribution in [0, 0.1) is 5.92 Å². The van der Waals surface area contributed by atoms with E-state index in [1.165, 1.54) is 4.31 Å². The minimum atomic E-state index is -3.53. The van der Waals surface area contributed by atoms with Gasteiger partial charge in [0.2, 0.25) is 15.9 Å². The van der Waals surface area contributed by atoms with Crippen molar-refractivity contribution < 1.29 is 13.2 Å². The maximum Gasteiger partial charge on any atom is 0.243 e. The highest BCUT2D eigenvalue weighted by Gasteiger charge is 2.57. The Bertz CT molecular complexity index is 742.